The third-order valence-electron chi connectivity index (χ3n) is 3.15. The molecule has 1 fully saturated rings. The molecule has 0 amide bonds. The normalized spacial score (nSPS) is 19.3. The molecule has 0 N–H and O–H groups in total. The lowest BCUT2D eigenvalue weighted by Gasteiger charge is -2.04. The van der Waals surface area contributed by atoms with Crippen LogP contribution in [0.4, 0.5) is 0 Å². The van der Waals surface area contributed by atoms with Gasteiger partial charge >= 0.3 is 0 Å². The Morgan fingerprint density at radius 1 is 1.39 bits per heavy atom. The van der Waals surface area contributed by atoms with Gasteiger partial charge in [0.1, 0.15) is 11.1 Å². The molecule has 1 aliphatic rings. The van der Waals surface area contributed by atoms with Crippen molar-refractivity contribution < 1.29 is 4.74 Å². The fraction of sp³-hybridized carbons (Fsp3) is 0.357. The number of hydrogen-bond acceptors (Lipinski definition) is 3. The minimum absolute atomic E-state index is 0.213. The maximum Gasteiger partial charge on any atom is 0.122 e. The van der Waals surface area contributed by atoms with Gasteiger partial charge < -0.3 is 4.74 Å². The van der Waals surface area contributed by atoms with E-state index in [0.29, 0.717) is 0 Å². The van der Waals surface area contributed by atoms with Gasteiger partial charge in [0.15, 0.2) is 0 Å². The fourth-order valence-corrected chi connectivity index (χ4v) is 3.72. The molecular weight excluding hydrogens is 310 g/mol. The summed E-state index contributed by atoms with van der Waals surface area (Å²) in [4.78, 5) is 6.04. The second kappa shape index (κ2) is 5.11. The molecule has 1 saturated heterocycles. The predicted molar refractivity (Wildman–Crippen MR) is 77.9 cm³/mol. The zero-order valence-electron chi connectivity index (χ0n) is 10.1. The van der Waals surface area contributed by atoms with Gasteiger partial charge in [-0.1, -0.05) is 34.1 Å². The van der Waals surface area contributed by atoms with Crippen LogP contribution in [0.5, 0.6) is 0 Å². The number of benzene rings is 1. The highest BCUT2D eigenvalue weighted by atomic mass is 79.9. The summed E-state index contributed by atoms with van der Waals surface area (Å²) >= 11 is 5.35. The van der Waals surface area contributed by atoms with Crippen molar-refractivity contribution in [2.24, 2.45) is 0 Å². The summed E-state index contributed by atoms with van der Waals surface area (Å²) in [5.74, 6) is 0. The molecule has 0 bridgehead atoms. The van der Waals surface area contributed by atoms with E-state index in [9.17, 15) is 0 Å². The van der Waals surface area contributed by atoms with E-state index in [4.69, 9.17) is 9.72 Å². The molecule has 2 nitrogen and oxygen atoms in total. The molecule has 0 spiro atoms. The van der Waals surface area contributed by atoms with Crippen molar-refractivity contribution >= 4 is 27.3 Å². The number of aryl methyl sites for hydroxylation is 1. The van der Waals surface area contributed by atoms with Gasteiger partial charge in [-0.2, -0.15) is 0 Å². The molecule has 18 heavy (non-hydrogen) atoms. The van der Waals surface area contributed by atoms with E-state index in [1.807, 2.05) is 12.1 Å². The summed E-state index contributed by atoms with van der Waals surface area (Å²) in [5.41, 5.74) is 2.24. The monoisotopic (exact) mass is 323 g/mol. The van der Waals surface area contributed by atoms with E-state index < -0.39 is 0 Å². The standard InChI is InChI=1S/C14H14BrNOS/c1-9-13(10-5-2-3-6-11(10)15)16-14(18-9)12-7-4-8-17-12/h2-3,5-6,12H,4,7-8H2,1H3. The predicted octanol–water partition coefficient (Wildman–Crippen LogP) is 4.73. The minimum atomic E-state index is 0.213. The van der Waals surface area contributed by atoms with Crippen LogP contribution in [0.15, 0.2) is 28.7 Å². The summed E-state index contributed by atoms with van der Waals surface area (Å²) in [6.45, 7) is 3.00. The van der Waals surface area contributed by atoms with Crippen molar-refractivity contribution in [2.75, 3.05) is 6.61 Å². The van der Waals surface area contributed by atoms with Gasteiger partial charge in [-0.3, -0.25) is 0 Å². The highest BCUT2D eigenvalue weighted by molar-refractivity contribution is 9.10. The van der Waals surface area contributed by atoms with Crippen LogP contribution < -0.4 is 0 Å². The topological polar surface area (TPSA) is 22.1 Å². The summed E-state index contributed by atoms with van der Waals surface area (Å²) in [5, 5.41) is 1.12. The van der Waals surface area contributed by atoms with Crippen molar-refractivity contribution in [1.82, 2.24) is 4.98 Å². The van der Waals surface area contributed by atoms with Crippen LogP contribution in [0.2, 0.25) is 0 Å². The first kappa shape index (κ1) is 12.3. The lowest BCUT2D eigenvalue weighted by atomic mass is 10.1. The van der Waals surface area contributed by atoms with Crippen LogP contribution in [0.25, 0.3) is 11.3 Å². The number of aromatic nitrogens is 1. The van der Waals surface area contributed by atoms with E-state index in [1.54, 1.807) is 11.3 Å². The number of halogens is 1. The van der Waals surface area contributed by atoms with Gasteiger partial charge in [-0.25, -0.2) is 4.98 Å². The van der Waals surface area contributed by atoms with Crippen LogP contribution in [0.3, 0.4) is 0 Å². The molecule has 2 aromatic rings. The zero-order valence-corrected chi connectivity index (χ0v) is 12.6. The largest absolute Gasteiger partial charge is 0.371 e. The Balaban J connectivity index is 2.00. The Morgan fingerprint density at radius 2 is 2.22 bits per heavy atom. The number of ether oxygens (including phenoxy) is 1. The minimum Gasteiger partial charge on any atom is -0.371 e. The SMILES string of the molecule is Cc1sc(C2CCCO2)nc1-c1ccccc1Br. The van der Waals surface area contributed by atoms with Gasteiger partial charge in [0.05, 0.1) is 5.69 Å². The first-order valence-corrected chi connectivity index (χ1v) is 7.70. The van der Waals surface area contributed by atoms with E-state index in [0.717, 1.165) is 40.2 Å². The van der Waals surface area contributed by atoms with Gasteiger partial charge in [0, 0.05) is 21.5 Å². The Kier molecular flexibility index (Phi) is 3.50. The highest BCUT2D eigenvalue weighted by Crippen LogP contribution is 2.37. The second-order valence-electron chi connectivity index (χ2n) is 4.44. The van der Waals surface area contributed by atoms with Crippen molar-refractivity contribution in [2.45, 2.75) is 25.9 Å². The van der Waals surface area contributed by atoms with Gasteiger partial charge in [-0.05, 0) is 25.8 Å². The summed E-state index contributed by atoms with van der Waals surface area (Å²) in [6, 6.07) is 8.23. The third-order valence-corrected chi connectivity index (χ3v) is 4.90. The molecule has 0 radical (unpaired) electrons. The lowest BCUT2D eigenvalue weighted by Crippen LogP contribution is -1.94. The van der Waals surface area contributed by atoms with Crippen molar-refractivity contribution in [3.8, 4) is 11.3 Å². The van der Waals surface area contributed by atoms with Gasteiger partial charge in [0.25, 0.3) is 0 Å². The van der Waals surface area contributed by atoms with E-state index in [1.165, 1.54) is 4.88 Å². The van der Waals surface area contributed by atoms with Crippen molar-refractivity contribution in [3.05, 3.63) is 38.6 Å². The quantitative estimate of drug-likeness (QED) is 0.796. The maximum atomic E-state index is 5.71. The average molecular weight is 324 g/mol. The molecule has 1 aliphatic heterocycles. The smallest absolute Gasteiger partial charge is 0.122 e. The molecule has 1 atom stereocenters. The molecular formula is C14H14BrNOS. The molecule has 3 rings (SSSR count). The molecule has 0 saturated carbocycles. The van der Waals surface area contributed by atoms with E-state index >= 15 is 0 Å². The number of rotatable bonds is 2. The summed E-state index contributed by atoms with van der Waals surface area (Å²) in [7, 11) is 0. The summed E-state index contributed by atoms with van der Waals surface area (Å²) < 4.78 is 6.80. The van der Waals surface area contributed by atoms with Crippen LogP contribution in [-0.4, -0.2) is 11.6 Å². The average Bonchev–Trinajstić information content (AvgIpc) is 2.99. The molecule has 4 heteroatoms. The molecule has 0 aliphatic carbocycles. The lowest BCUT2D eigenvalue weighted by molar-refractivity contribution is 0.112. The zero-order chi connectivity index (χ0) is 12.5. The van der Waals surface area contributed by atoms with Crippen LogP contribution in [0, 0.1) is 6.92 Å². The highest BCUT2D eigenvalue weighted by Gasteiger charge is 2.23. The molecule has 2 heterocycles. The van der Waals surface area contributed by atoms with Crippen LogP contribution >= 0.6 is 27.3 Å². The molecule has 1 aromatic carbocycles. The van der Waals surface area contributed by atoms with Crippen LogP contribution in [0.1, 0.15) is 28.8 Å². The summed E-state index contributed by atoms with van der Waals surface area (Å²) in [6.07, 6.45) is 2.46. The van der Waals surface area contributed by atoms with Crippen molar-refractivity contribution in [1.29, 1.82) is 0 Å². The Labute approximate surface area is 119 Å². The fourth-order valence-electron chi connectivity index (χ4n) is 2.23. The number of thiazole rings is 1. The van der Waals surface area contributed by atoms with Gasteiger partial charge in [0.2, 0.25) is 0 Å². The number of hydrogen-bond donors (Lipinski definition) is 0. The van der Waals surface area contributed by atoms with Gasteiger partial charge in [-0.15, -0.1) is 11.3 Å². The molecule has 94 valence electrons. The molecule has 1 unspecified atom stereocenters. The van der Waals surface area contributed by atoms with Crippen molar-refractivity contribution in [3.63, 3.8) is 0 Å². The first-order valence-electron chi connectivity index (χ1n) is 6.09. The van der Waals surface area contributed by atoms with E-state index in [-0.39, 0.29) is 6.10 Å². The Hall–Kier alpha value is -0.710. The maximum absolute atomic E-state index is 5.71. The molecule has 1 aromatic heterocycles. The Bertz CT molecular complexity index is 561. The first-order chi connectivity index (χ1) is 8.75. The second-order valence-corrected chi connectivity index (χ2v) is 6.53. The number of nitrogens with zero attached hydrogens (tertiary/aromatic N) is 1. The third kappa shape index (κ3) is 2.25. The van der Waals surface area contributed by atoms with Crippen LogP contribution in [-0.2, 0) is 4.74 Å². The Morgan fingerprint density at radius 3 is 2.94 bits per heavy atom. The van der Waals surface area contributed by atoms with E-state index in [2.05, 4.69) is 35.0 Å².